The molecule has 0 aliphatic carbocycles. The average molecular weight is 137 g/mol. The molecule has 2 aliphatic rings. The number of nitriles is 1. The molecule has 0 N–H and O–H groups in total. The van der Waals surface area contributed by atoms with Crippen molar-refractivity contribution in [1.82, 2.24) is 9.80 Å². The third-order valence-electron chi connectivity index (χ3n) is 2.64. The summed E-state index contributed by atoms with van der Waals surface area (Å²) in [4.78, 5) is 4.25. The van der Waals surface area contributed by atoms with Crippen molar-refractivity contribution in [1.29, 1.82) is 5.26 Å². The number of hydrogen-bond donors (Lipinski definition) is 0. The van der Waals surface area contributed by atoms with Crippen molar-refractivity contribution in [2.75, 3.05) is 20.1 Å². The van der Waals surface area contributed by atoms with E-state index in [1.54, 1.807) is 0 Å². The Morgan fingerprint density at radius 3 is 2.60 bits per heavy atom. The molecule has 2 rings (SSSR count). The van der Waals surface area contributed by atoms with Gasteiger partial charge in [-0.1, -0.05) is 0 Å². The van der Waals surface area contributed by atoms with Gasteiger partial charge in [-0.3, -0.25) is 4.90 Å². The maximum Gasteiger partial charge on any atom is 0.179 e. The van der Waals surface area contributed by atoms with Gasteiger partial charge in [-0.25, -0.2) is 0 Å². The van der Waals surface area contributed by atoms with E-state index in [0.717, 1.165) is 13.1 Å². The highest BCUT2D eigenvalue weighted by molar-refractivity contribution is 5.02. The number of likely N-dealkylation sites (tertiary alicyclic amines) is 2. The van der Waals surface area contributed by atoms with Crippen LogP contribution in [0.1, 0.15) is 6.42 Å². The number of rotatable bonds is 0. The lowest BCUT2D eigenvalue weighted by atomic mass is 10.2. The third kappa shape index (κ3) is 0.627. The maximum atomic E-state index is 8.63. The van der Waals surface area contributed by atoms with Gasteiger partial charge in [-0.2, -0.15) is 5.26 Å². The summed E-state index contributed by atoms with van der Waals surface area (Å²) in [5.74, 6) is 0. The lowest BCUT2D eigenvalue weighted by Crippen LogP contribution is -2.41. The van der Waals surface area contributed by atoms with Gasteiger partial charge in [0, 0.05) is 19.1 Å². The van der Waals surface area contributed by atoms with Gasteiger partial charge in [0.1, 0.15) is 0 Å². The van der Waals surface area contributed by atoms with Crippen LogP contribution in [0, 0.1) is 11.5 Å². The van der Waals surface area contributed by atoms with E-state index < -0.39 is 0 Å². The maximum absolute atomic E-state index is 8.63. The molecule has 2 heterocycles. The summed E-state index contributed by atoms with van der Waals surface area (Å²) in [6.45, 7) is 2.04. The highest BCUT2D eigenvalue weighted by Gasteiger charge is 2.40. The molecule has 3 nitrogen and oxygen atoms in total. The highest BCUT2D eigenvalue weighted by atomic mass is 15.3. The van der Waals surface area contributed by atoms with Gasteiger partial charge in [0.2, 0.25) is 0 Å². The van der Waals surface area contributed by atoms with Gasteiger partial charge in [0.05, 0.1) is 6.04 Å². The quantitative estimate of drug-likeness (QED) is 0.435. The van der Waals surface area contributed by atoms with Crippen LogP contribution >= 0.6 is 0 Å². The molecule has 0 radical (unpaired) electrons. The van der Waals surface area contributed by atoms with Crippen LogP contribution in [0.5, 0.6) is 0 Å². The van der Waals surface area contributed by atoms with Crippen molar-refractivity contribution >= 4 is 0 Å². The fourth-order valence-corrected chi connectivity index (χ4v) is 1.99. The van der Waals surface area contributed by atoms with E-state index in [1.807, 2.05) is 4.90 Å². The van der Waals surface area contributed by atoms with E-state index in [-0.39, 0.29) is 0 Å². The minimum absolute atomic E-state index is 0.528. The molecule has 0 spiro atoms. The number of likely N-dealkylation sites (N-methyl/N-ethyl adjacent to an activating group) is 1. The van der Waals surface area contributed by atoms with Crippen LogP contribution in [0.25, 0.3) is 0 Å². The molecule has 0 amide bonds. The fourth-order valence-electron chi connectivity index (χ4n) is 1.99. The van der Waals surface area contributed by atoms with Crippen LogP contribution in [-0.4, -0.2) is 42.0 Å². The van der Waals surface area contributed by atoms with Crippen molar-refractivity contribution < 1.29 is 0 Å². The van der Waals surface area contributed by atoms with Crippen molar-refractivity contribution in [3.63, 3.8) is 0 Å². The van der Waals surface area contributed by atoms with E-state index in [4.69, 9.17) is 5.26 Å². The van der Waals surface area contributed by atoms with Gasteiger partial charge in [0.25, 0.3) is 0 Å². The minimum Gasteiger partial charge on any atom is -0.305 e. The second-order valence-electron chi connectivity index (χ2n) is 3.24. The normalized spacial score (nSPS) is 38.6. The van der Waals surface area contributed by atoms with Gasteiger partial charge < -0.3 is 4.90 Å². The van der Waals surface area contributed by atoms with E-state index in [2.05, 4.69) is 18.1 Å². The van der Waals surface area contributed by atoms with E-state index >= 15 is 0 Å². The van der Waals surface area contributed by atoms with E-state index in [1.165, 1.54) is 6.42 Å². The van der Waals surface area contributed by atoms with Crippen molar-refractivity contribution in [3.05, 3.63) is 0 Å². The Bertz CT molecular complexity index is 182. The molecule has 2 aliphatic heterocycles. The smallest absolute Gasteiger partial charge is 0.179 e. The molecule has 2 atom stereocenters. The predicted molar refractivity (Wildman–Crippen MR) is 37.1 cm³/mol. The predicted octanol–water partition coefficient (Wildman–Crippen LogP) is -0.144. The van der Waals surface area contributed by atoms with Crippen LogP contribution in [0.15, 0.2) is 0 Å². The molecule has 0 aromatic heterocycles. The van der Waals surface area contributed by atoms with Crippen LogP contribution in [0.3, 0.4) is 0 Å². The Kier molecular flexibility index (Phi) is 1.12. The van der Waals surface area contributed by atoms with Gasteiger partial charge in [-0.15, -0.1) is 0 Å². The summed E-state index contributed by atoms with van der Waals surface area (Å²) >= 11 is 0. The van der Waals surface area contributed by atoms with Crippen LogP contribution in [-0.2, 0) is 0 Å². The monoisotopic (exact) mass is 137 g/mol. The topological polar surface area (TPSA) is 30.3 Å². The summed E-state index contributed by atoms with van der Waals surface area (Å²) in [6, 6.07) is 1.18. The first-order valence-corrected chi connectivity index (χ1v) is 3.68. The van der Waals surface area contributed by atoms with Gasteiger partial charge in [-0.05, 0) is 13.5 Å². The fraction of sp³-hybridized carbons (Fsp3) is 0.857. The molecule has 1 unspecified atom stereocenters. The minimum atomic E-state index is 0.528. The number of piperazine rings is 1. The molecule has 2 saturated heterocycles. The van der Waals surface area contributed by atoms with Crippen LogP contribution < -0.4 is 0 Å². The van der Waals surface area contributed by atoms with Crippen molar-refractivity contribution in [3.8, 4) is 6.19 Å². The Morgan fingerprint density at radius 1 is 1.40 bits per heavy atom. The molecule has 0 aromatic carbocycles. The highest BCUT2D eigenvalue weighted by Crippen LogP contribution is 2.27. The third-order valence-corrected chi connectivity index (χ3v) is 2.64. The van der Waals surface area contributed by atoms with Crippen LogP contribution in [0.2, 0.25) is 0 Å². The van der Waals surface area contributed by atoms with Crippen LogP contribution in [0.4, 0.5) is 0 Å². The lowest BCUT2D eigenvalue weighted by Gasteiger charge is -2.27. The Labute approximate surface area is 60.8 Å². The molecular weight excluding hydrogens is 126 g/mol. The Morgan fingerprint density at radius 2 is 2.20 bits per heavy atom. The van der Waals surface area contributed by atoms with E-state index in [0.29, 0.717) is 12.1 Å². The van der Waals surface area contributed by atoms with Crippen molar-refractivity contribution in [2.24, 2.45) is 0 Å². The standard InChI is InChI=1S/C7H11N3/c1-9-3-7-2-6(9)4-10(7)5-8/h6-7H,2-4H2,1H3/t6-,7?/m0/s1. The first-order chi connectivity index (χ1) is 4.81. The molecule has 2 bridgehead atoms. The molecule has 2 fully saturated rings. The molecule has 0 aromatic rings. The zero-order valence-electron chi connectivity index (χ0n) is 6.12. The summed E-state index contributed by atoms with van der Waals surface area (Å²) < 4.78 is 0. The number of fused-ring (bicyclic) bond motifs is 2. The second-order valence-corrected chi connectivity index (χ2v) is 3.24. The largest absolute Gasteiger partial charge is 0.305 e. The summed E-state index contributed by atoms with van der Waals surface area (Å²) in [6.07, 6.45) is 3.42. The Hall–Kier alpha value is -0.750. The molecule has 0 saturated carbocycles. The first-order valence-electron chi connectivity index (χ1n) is 3.68. The summed E-state index contributed by atoms with van der Waals surface area (Å²) in [5, 5.41) is 8.63. The second kappa shape index (κ2) is 1.86. The van der Waals surface area contributed by atoms with Crippen molar-refractivity contribution in [2.45, 2.75) is 18.5 Å². The summed E-state index contributed by atoms with van der Waals surface area (Å²) in [7, 11) is 2.14. The number of nitrogens with zero attached hydrogens (tertiary/aromatic N) is 3. The van der Waals surface area contributed by atoms with Gasteiger partial charge in [0.15, 0.2) is 6.19 Å². The van der Waals surface area contributed by atoms with E-state index in [9.17, 15) is 0 Å². The molecule has 54 valence electrons. The molecular formula is C7H11N3. The zero-order chi connectivity index (χ0) is 7.14. The van der Waals surface area contributed by atoms with Gasteiger partial charge >= 0.3 is 0 Å². The zero-order valence-corrected chi connectivity index (χ0v) is 6.12. The first kappa shape index (κ1) is 5.99. The number of hydrogen-bond acceptors (Lipinski definition) is 3. The Balaban J connectivity index is 2.11. The summed E-state index contributed by atoms with van der Waals surface area (Å²) in [5.41, 5.74) is 0. The molecule has 3 heteroatoms. The average Bonchev–Trinajstić information content (AvgIpc) is 2.44. The molecule has 10 heavy (non-hydrogen) atoms. The lowest BCUT2D eigenvalue weighted by molar-refractivity contribution is 0.200. The SMILES string of the molecule is CN1CC2C[C@H]1CN2C#N.